The van der Waals surface area contributed by atoms with Crippen molar-refractivity contribution < 1.29 is 4.79 Å². The van der Waals surface area contributed by atoms with Crippen molar-refractivity contribution in [1.29, 1.82) is 0 Å². The summed E-state index contributed by atoms with van der Waals surface area (Å²) >= 11 is 3.41. The molecular formula is C12H11BrN6O. The molecule has 0 bridgehead atoms. The molecule has 8 heteroatoms. The Morgan fingerprint density at radius 3 is 2.85 bits per heavy atom. The fourth-order valence-electron chi connectivity index (χ4n) is 1.86. The molecule has 3 aromatic heterocycles. The van der Waals surface area contributed by atoms with Crippen molar-refractivity contribution >= 4 is 33.3 Å². The first-order valence-corrected chi connectivity index (χ1v) is 6.81. The number of imidazole rings is 1. The molecule has 7 nitrogen and oxygen atoms in total. The highest BCUT2D eigenvalue weighted by Crippen LogP contribution is 2.24. The zero-order chi connectivity index (χ0) is 14.1. The third kappa shape index (κ3) is 2.07. The number of nitrogens with zero attached hydrogens (tertiary/aromatic N) is 4. The van der Waals surface area contributed by atoms with Crippen molar-refractivity contribution in [3.63, 3.8) is 0 Å². The number of fused-ring (bicyclic) bond motifs is 1. The number of anilines is 1. The van der Waals surface area contributed by atoms with Crippen LogP contribution < -0.4 is 5.32 Å². The molecule has 0 aliphatic heterocycles. The van der Waals surface area contributed by atoms with Crippen molar-refractivity contribution in [3.05, 3.63) is 40.6 Å². The lowest BCUT2D eigenvalue weighted by Gasteiger charge is -2.03. The summed E-state index contributed by atoms with van der Waals surface area (Å²) in [7, 11) is 0. The minimum Gasteiger partial charge on any atom is -0.304 e. The highest BCUT2D eigenvalue weighted by Gasteiger charge is 2.17. The van der Waals surface area contributed by atoms with E-state index in [9.17, 15) is 4.79 Å². The Balaban J connectivity index is 1.93. The van der Waals surface area contributed by atoms with E-state index in [4.69, 9.17) is 0 Å². The highest BCUT2D eigenvalue weighted by atomic mass is 79.9. The van der Waals surface area contributed by atoms with Gasteiger partial charge < -0.3 is 9.72 Å². The largest absolute Gasteiger partial charge is 0.304 e. The first-order valence-electron chi connectivity index (χ1n) is 6.02. The van der Waals surface area contributed by atoms with Gasteiger partial charge in [-0.1, -0.05) is 6.92 Å². The van der Waals surface area contributed by atoms with Gasteiger partial charge in [0.15, 0.2) is 17.2 Å². The summed E-state index contributed by atoms with van der Waals surface area (Å²) < 4.78 is 2.49. The van der Waals surface area contributed by atoms with Crippen LogP contribution in [0.25, 0.3) is 5.65 Å². The second kappa shape index (κ2) is 5.04. The second-order valence-electron chi connectivity index (χ2n) is 4.11. The molecule has 2 N–H and O–H groups in total. The van der Waals surface area contributed by atoms with E-state index in [1.54, 1.807) is 29.2 Å². The molecule has 0 saturated heterocycles. The van der Waals surface area contributed by atoms with E-state index >= 15 is 0 Å². The molecule has 0 aliphatic carbocycles. The lowest BCUT2D eigenvalue weighted by Crippen LogP contribution is -2.15. The summed E-state index contributed by atoms with van der Waals surface area (Å²) in [4.78, 5) is 20.5. The van der Waals surface area contributed by atoms with Crippen molar-refractivity contribution in [3.8, 4) is 0 Å². The lowest BCUT2D eigenvalue weighted by molar-refractivity contribution is 0.102. The molecular weight excluding hydrogens is 324 g/mol. The van der Waals surface area contributed by atoms with Gasteiger partial charge in [-0.3, -0.25) is 9.89 Å². The summed E-state index contributed by atoms with van der Waals surface area (Å²) in [5.74, 6) is 0.0962. The van der Waals surface area contributed by atoms with Crippen LogP contribution in [0.1, 0.15) is 23.1 Å². The maximum Gasteiger partial charge on any atom is 0.279 e. The molecule has 0 aliphatic rings. The molecule has 3 heterocycles. The topological polar surface area (TPSA) is 88.0 Å². The Hall–Kier alpha value is -2.22. The summed E-state index contributed by atoms with van der Waals surface area (Å²) in [5.41, 5.74) is 1.69. The molecule has 3 aromatic rings. The average molecular weight is 335 g/mol. The number of aromatic amines is 1. The van der Waals surface area contributed by atoms with Crippen molar-refractivity contribution in [2.24, 2.45) is 0 Å². The quantitative estimate of drug-likeness (QED) is 0.767. The number of aryl methyl sites for hydroxylation is 1. The molecule has 0 atom stereocenters. The van der Waals surface area contributed by atoms with Crippen LogP contribution in [-0.4, -0.2) is 30.5 Å². The van der Waals surface area contributed by atoms with Gasteiger partial charge in [0.1, 0.15) is 0 Å². The predicted octanol–water partition coefficient (Wildman–Crippen LogP) is 2.03. The fourth-order valence-corrected chi connectivity index (χ4v) is 2.42. The minimum absolute atomic E-state index is 0.255. The minimum atomic E-state index is -0.350. The van der Waals surface area contributed by atoms with Gasteiger partial charge in [-0.25, -0.2) is 9.97 Å². The Morgan fingerprint density at radius 1 is 1.40 bits per heavy atom. The molecule has 0 saturated carbocycles. The molecule has 0 unspecified atom stereocenters. The highest BCUT2D eigenvalue weighted by molar-refractivity contribution is 9.10. The number of halogens is 1. The van der Waals surface area contributed by atoms with Gasteiger partial charge in [0.2, 0.25) is 0 Å². The van der Waals surface area contributed by atoms with Crippen LogP contribution in [0.5, 0.6) is 0 Å². The number of nitrogens with one attached hydrogen (secondary N) is 2. The number of rotatable bonds is 3. The zero-order valence-electron chi connectivity index (χ0n) is 10.6. The summed E-state index contributed by atoms with van der Waals surface area (Å²) in [6.45, 7) is 2.00. The van der Waals surface area contributed by atoms with Gasteiger partial charge >= 0.3 is 0 Å². The number of hydrogen-bond acceptors (Lipinski definition) is 4. The zero-order valence-corrected chi connectivity index (χ0v) is 12.2. The van der Waals surface area contributed by atoms with Crippen LogP contribution in [0.15, 0.2) is 29.3 Å². The normalized spacial score (nSPS) is 10.9. The van der Waals surface area contributed by atoms with E-state index in [1.807, 2.05) is 6.92 Å². The first-order chi connectivity index (χ1) is 9.70. The van der Waals surface area contributed by atoms with E-state index in [0.717, 1.165) is 16.6 Å². The van der Waals surface area contributed by atoms with Gasteiger partial charge in [0, 0.05) is 24.8 Å². The second-order valence-corrected chi connectivity index (χ2v) is 4.90. The van der Waals surface area contributed by atoms with Crippen molar-refractivity contribution in [1.82, 2.24) is 24.6 Å². The van der Waals surface area contributed by atoms with E-state index in [0.29, 0.717) is 11.5 Å². The van der Waals surface area contributed by atoms with Gasteiger partial charge in [-0.15, -0.1) is 0 Å². The molecule has 102 valence electrons. The molecule has 0 fully saturated rings. The molecule has 0 spiro atoms. The van der Waals surface area contributed by atoms with Crippen molar-refractivity contribution in [2.45, 2.75) is 13.3 Å². The molecule has 1 amide bonds. The van der Waals surface area contributed by atoms with Crippen LogP contribution in [0, 0.1) is 0 Å². The van der Waals surface area contributed by atoms with Crippen LogP contribution in [0.3, 0.4) is 0 Å². The van der Waals surface area contributed by atoms with E-state index in [1.165, 1.54) is 0 Å². The van der Waals surface area contributed by atoms with Gasteiger partial charge in [-0.2, -0.15) is 5.10 Å². The van der Waals surface area contributed by atoms with Crippen LogP contribution in [0.2, 0.25) is 0 Å². The number of H-pyrrole nitrogens is 1. The average Bonchev–Trinajstić information content (AvgIpc) is 3.06. The number of hydrogen-bond donors (Lipinski definition) is 2. The van der Waals surface area contributed by atoms with Gasteiger partial charge in [0.25, 0.3) is 5.91 Å². The number of aromatic nitrogens is 5. The maximum absolute atomic E-state index is 12.3. The lowest BCUT2D eigenvalue weighted by atomic mass is 10.3. The van der Waals surface area contributed by atoms with E-state index in [2.05, 4.69) is 41.4 Å². The molecule has 0 aromatic carbocycles. The van der Waals surface area contributed by atoms with Gasteiger partial charge in [-0.05, 0) is 22.4 Å². The number of carbonyl (C=O) groups is 1. The van der Waals surface area contributed by atoms with E-state index in [-0.39, 0.29) is 11.6 Å². The van der Waals surface area contributed by atoms with Crippen molar-refractivity contribution in [2.75, 3.05) is 5.32 Å². The first kappa shape index (κ1) is 12.8. The maximum atomic E-state index is 12.3. The van der Waals surface area contributed by atoms with Crippen LogP contribution >= 0.6 is 15.9 Å². The Bertz CT molecular complexity index is 777. The smallest absolute Gasteiger partial charge is 0.279 e. The third-order valence-electron chi connectivity index (χ3n) is 2.89. The summed E-state index contributed by atoms with van der Waals surface area (Å²) in [5, 5.41) is 9.64. The fraction of sp³-hybridized carbons (Fsp3) is 0.167. The van der Waals surface area contributed by atoms with Gasteiger partial charge in [0.05, 0.1) is 10.2 Å². The number of amides is 1. The summed E-state index contributed by atoms with van der Waals surface area (Å²) in [6, 6.07) is 0. The van der Waals surface area contributed by atoms with E-state index < -0.39 is 0 Å². The Labute approximate surface area is 122 Å². The molecule has 0 radical (unpaired) electrons. The third-order valence-corrected chi connectivity index (χ3v) is 3.74. The van der Waals surface area contributed by atoms with Crippen LogP contribution in [-0.2, 0) is 6.42 Å². The Kier molecular flexibility index (Phi) is 3.23. The summed E-state index contributed by atoms with van der Waals surface area (Å²) in [6.07, 6.45) is 7.46. The SMILES string of the molecule is CCc1[nH]nc(NC(=O)c2nccn3ccnc23)c1Br. The standard InChI is InChI=1S/C12H11BrN6O/c1-2-7-8(13)10(18-17-7)16-12(20)9-11-15-4-6-19(11)5-3-14-9/h3-6H,2H2,1H3,(H2,16,17,18,20). The Morgan fingerprint density at radius 2 is 2.15 bits per heavy atom. The van der Waals surface area contributed by atoms with Crippen LogP contribution in [0.4, 0.5) is 5.82 Å². The predicted molar refractivity (Wildman–Crippen MR) is 76.6 cm³/mol. The number of carbonyl (C=O) groups excluding carboxylic acids is 1. The molecule has 20 heavy (non-hydrogen) atoms. The monoisotopic (exact) mass is 334 g/mol. The molecule has 3 rings (SSSR count).